The summed E-state index contributed by atoms with van der Waals surface area (Å²) in [5.41, 5.74) is 0. The van der Waals surface area contributed by atoms with Gasteiger partial charge in [0.05, 0.1) is 7.11 Å². The largest absolute Gasteiger partial charge is 0.513 e. The standard InChI is InChI=1S/C17H38O4Si/c1-4-6-8-10-12-14-16-19-22(21-18-3)20-17-15-13-11-9-7-5-2/h22H,4-17H2,1-3H3. The van der Waals surface area contributed by atoms with Gasteiger partial charge in [0.1, 0.15) is 0 Å². The predicted molar refractivity (Wildman–Crippen MR) is 93.9 cm³/mol. The molecule has 0 amide bonds. The maximum Gasteiger partial charge on any atom is 0.513 e. The molecule has 22 heavy (non-hydrogen) atoms. The van der Waals surface area contributed by atoms with Crippen LogP contribution in [0.1, 0.15) is 90.9 Å². The van der Waals surface area contributed by atoms with Crippen LogP contribution in [0.3, 0.4) is 0 Å². The Hall–Kier alpha value is 0.0569. The third-order valence-corrected chi connectivity index (χ3v) is 5.04. The minimum absolute atomic E-state index is 0.725. The fraction of sp³-hybridized carbons (Fsp3) is 1.00. The maximum absolute atomic E-state index is 5.70. The van der Waals surface area contributed by atoms with Crippen LogP contribution in [-0.4, -0.2) is 29.9 Å². The maximum atomic E-state index is 5.70. The number of rotatable bonds is 18. The van der Waals surface area contributed by atoms with Gasteiger partial charge in [-0.3, -0.25) is 0 Å². The van der Waals surface area contributed by atoms with Crippen LogP contribution in [0.15, 0.2) is 0 Å². The summed E-state index contributed by atoms with van der Waals surface area (Å²) in [6.07, 6.45) is 15.2. The minimum Gasteiger partial charge on any atom is -0.375 e. The van der Waals surface area contributed by atoms with Gasteiger partial charge in [-0.25, -0.2) is 9.46 Å². The first-order valence-electron chi connectivity index (χ1n) is 9.27. The highest BCUT2D eigenvalue weighted by molar-refractivity contribution is 6.35. The topological polar surface area (TPSA) is 36.9 Å². The zero-order valence-electron chi connectivity index (χ0n) is 15.1. The van der Waals surface area contributed by atoms with Crippen molar-refractivity contribution in [3.8, 4) is 0 Å². The van der Waals surface area contributed by atoms with Crippen molar-refractivity contribution in [3.05, 3.63) is 0 Å². The molecule has 0 heterocycles. The molecule has 0 aromatic heterocycles. The molecule has 0 radical (unpaired) electrons. The van der Waals surface area contributed by atoms with Crippen molar-refractivity contribution in [2.24, 2.45) is 0 Å². The summed E-state index contributed by atoms with van der Waals surface area (Å²) in [4.78, 5) is 4.74. The highest BCUT2D eigenvalue weighted by atomic mass is 28.3. The highest BCUT2D eigenvalue weighted by Gasteiger charge is 2.15. The van der Waals surface area contributed by atoms with Crippen molar-refractivity contribution in [1.29, 1.82) is 0 Å². The van der Waals surface area contributed by atoms with E-state index in [9.17, 15) is 0 Å². The Balaban J connectivity index is 3.44. The summed E-state index contributed by atoms with van der Waals surface area (Å²) in [6, 6.07) is 0. The van der Waals surface area contributed by atoms with Crippen molar-refractivity contribution >= 4 is 9.53 Å². The fourth-order valence-corrected chi connectivity index (χ4v) is 3.39. The molecule has 0 aromatic carbocycles. The molecule has 0 N–H and O–H groups in total. The number of hydrogen-bond donors (Lipinski definition) is 0. The molecule has 0 rings (SSSR count). The average molecular weight is 335 g/mol. The molecule has 0 saturated carbocycles. The second kappa shape index (κ2) is 19.1. The summed E-state index contributed by atoms with van der Waals surface area (Å²) >= 11 is 0. The first-order valence-corrected chi connectivity index (χ1v) is 10.7. The molecule has 5 heteroatoms. The molecular formula is C17H38O4Si. The molecule has 0 aliphatic carbocycles. The quantitative estimate of drug-likeness (QED) is 0.152. The Morgan fingerprint density at radius 1 is 0.591 bits per heavy atom. The molecule has 0 spiro atoms. The normalized spacial score (nSPS) is 11.5. The molecule has 0 atom stereocenters. The molecule has 0 saturated heterocycles. The van der Waals surface area contributed by atoms with Crippen LogP contribution >= 0.6 is 0 Å². The first kappa shape index (κ1) is 22.1. The van der Waals surface area contributed by atoms with Crippen molar-refractivity contribution in [2.45, 2.75) is 90.9 Å². The summed E-state index contributed by atoms with van der Waals surface area (Å²) < 4.78 is 16.5. The highest BCUT2D eigenvalue weighted by Crippen LogP contribution is 2.07. The third-order valence-electron chi connectivity index (χ3n) is 3.68. The SMILES string of the molecule is CCCCCCCCO[SiH](OCCCCCCCC)OOC. The Bertz CT molecular complexity index is 187. The van der Waals surface area contributed by atoms with E-state index in [0.717, 1.165) is 26.1 Å². The van der Waals surface area contributed by atoms with Crippen molar-refractivity contribution < 1.29 is 18.3 Å². The lowest BCUT2D eigenvalue weighted by molar-refractivity contribution is -0.216. The Kier molecular flexibility index (Phi) is 19.2. The van der Waals surface area contributed by atoms with Crippen molar-refractivity contribution in [1.82, 2.24) is 0 Å². The lowest BCUT2D eigenvalue weighted by atomic mass is 10.1. The lowest BCUT2D eigenvalue weighted by Crippen LogP contribution is -2.28. The lowest BCUT2D eigenvalue weighted by Gasteiger charge is -2.14. The van der Waals surface area contributed by atoms with Crippen LogP contribution < -0.4 is 0 Å². The van der Waals surface area contributed by atoms with E-state index >= 15 is 0 Å². The second-order valence-corrected chi connectivity index (χ2v) is 7.27. The Morgan fingerprint density at radius 2 is 1.00 bits per heavy atom. The van der Waals surface area contributed by atoms with E-state index in [2.05, 4.69) is 13.8 Å². The van der Waals surface area contributed by atoms with Gasteiger partial charge < -0.3 is 8.85 Å². The van der Waals surface area contributed by atoms with Gasteiger partial charge in [0.25, 0.3) is 0 Å². The van der Waals surface area contributed by atoms with Crippen LogP contribution in [0, 0.1) is 0 Å². The molecule has 0 fully saturated rings. The third kappa shape index (κ3) is 16.4. The van der Waals surface area contributed by atoms with Crippen molar-refractivity contribution in [3.63, 3.8) is 0 Å². The zero-order valence-corrected chi connectivity index (χ0v) is 16.3. The average Bonchev–Trinajstić information content (AvgIpc) is 2.53. The van der Waals surface area contributed by atoms with Crippen LogP contribution in [-0.2, 0) is 18.3 Å². The molecule has 0 aliphatic rings. The predicted octanol–water partition coefficient (Wildman–Crippen LogP) is 5.04. The molecule has 0 bridgehead atoms. The summed E-state index contributed by atoms with van der Waals surface area (Å²) in [6.45, 7) is 5.93. The zero-order chi connectivity index (χ0) is 16.3. The van der Waals surface area contributed by atoms with Gasteiger partial charge >= 0.3 is 9.53 Å². The van der Waals surface area contributed by atoms with Crippen molar-refractivity contribution in [2.75, 3.05) is 20.3 Å². The monoisotopic (exact) mass is 334 g/mol. The van der Waals surface area contributed by atoms with Crippen LogP contribution in [0.4, 0.5) is 0 Å². The van der Waals surface area contributed by atoms with Crippen LogP contribution in [0.25, 0.3) is 0 Å². The van der Waals surface area contributed by atoms with E-state index in [-0.39, 0.29) is 0 Å². The second-order valence-electron chi connectivity index (χ2n) is 5.83. The minimum atomic E-state index is -2.09. The van der Waals surface area contributed by atoms with Gasteiger partial charge in [0, 0.05) is 13.2 Å². The van der Waals surface area contributed by atoms with Gasteiger partial charge in [0.2, 0.25) is 0 Å². The molecule has 0 aromatic rings. The summed E-state index contributed by atoms with van der Waals surface area (Å²) in [7, 11) is -0.570. The van der Waals surface area contributed by atoms with E-state index < -0.39 is 9.53 Å². The first-order chi connectivity index (χ1) is 10.8. The van der Waals surface area contributed by atoms with Gasteiger partial charge in [-0.2, -0.15) is 0 Å². The molecule has 0 unspecified atom stereocenters. The number of unbranched alkanes of at least 4 members (excludes halogenated alkanes) is 10. The summed E-state index contributed by atoms with van der Waals surface area (Å²) in [5, 5.41) is 0. The van der Waals surface area contributed by atoms with Gasteiger partial charge in [-0.15, -0.1) is 0 Å². The molecular weight excluding hydrogens is 296 g/mol. The van der Waals surface area contributed by atoms with Crippen LogP contribution in [0.5, 0.6) is 0 Å². The van der Waals surface area contributed by atoms with Crippen LogP contribution in [0.2, 0.25) is 0 Å². The van der Waals surface area contributed by atoms with E-state index in [1.165, 1.54) is 71.3 Å². The Labute approximate surface area is 139 Å². The van der Waals surface area contributed by atoms with Gasteiger partial charge in [-0.05, 0) is 12.8 Å². The molecule has 4 nitrogen and oxygen atoms in total. The summed E-state index contributed by atoms with van der Waals surface area (Å²) in [5.74, 6) is 0. The fourth-order valence-electron chi connectivity index (χ4n) is 2.31. The number of hydrogen-bond acceptors (Lipinski definition) is 4. The Morgan fingerprint density at radius 3 is 1.41 bits per heavy atom. The van der Waals surface area contributed by atoms with E-state index in [1.807, 2.05) is 0 Å². The van der Waals surface area contributed by atoms with Gasteiger partial charge in [-0.1, -0.05) is 78.1 Å². The molecule has 0 aliphatic heterocycles. The van der Waals surface area contributed by atoms with E-state index in [0.29, 0.717) is 0 Å². The molecule has 134 valence electrons. The van der Waals surface area contributed by atoms with Gasteiger partial charge in [0.15, 0.2) is 0 Å². The smallest absolute Gasteiger partial charge is 0.375 e. The van der Waals surface area contributed by atoms with E-state index in [4.69, 9.17) is 18.3 Å². The van der Waals surface area contributed by atoms with E-state index in [1.54, 1.807) is 0 Å².